The lowest BCUT2D eigenvalue weighted by Crippen LogP contribution is -2.22. The molecule has 1 aliphatic rings. The number of fused-ring (bicyclic) bond motifs is 2. The molecule has 2 N–H and O–H groups in total. The van der Waals surface area contributed by atoms with Gasteiger partial charge in [-0.3, -0.25) is 0 Å². The number of aromatic hydroxyl groups is 1. The van der Waals surface area contributed by atoms with E-state index in [0.717, 1.165) is 28.3 Å². The molecule has 1 aliphatic heterocycles. The fraction of sp³-hybridized carbons (Fsp3) is 0.571. The van der Waals surface area contributed by atoms with Gasteiger partial charge in [0.05, 0.1) is 5.69 Å². The molecule has 0 bridgehead atoms. The van der Waals surface area contributed by atoms with Gasteiger partial charge in [-0.1, -0.05) is 89.2 Å². The van der Waals surface area contributed by atoms with Crippen LogP contribution in [0.1, 0.15) is 105 Å². The fourth-order valence-electron chi connectivity index (χ4n) is 4.06. The van der Waals surface area contributed by atoms with E-state index in [9.17, 15) is 5.11 Å². The highest BCUT2D eigenvalue weighted by Gasteiger charge is 2.36. The summed E-state index contributed by atoms with van der Waals surface area (Å²) in [7, 11) is 0. The summed E-state index contributed by atoms with van der Waals surface area (Å²) >= 11 is 0. The first-order chi connectivity index (χ1) is 13.8. The van der Waals surface area contributed by atoms with Gasteiger partial charge < -0.3 is 15.2 Å². The van der Waals surface area contributed by atoms with Crippen molar-refractivity contribution in [3.63, 3.8) is 0 Å². The van der Waals surface area contributed by atoms with Crippen molar-refractivity contribution in [3.8, 4) is 17.2 Å². The Kier molecular flexibility index (Phi) is 5.25. The van der Waals surface area contributed by atoms with E-state index in [4.69, 9.17) is 4.74 Å². The molecule has 0 saturated carbocycles. The fourth-order valence-corrected chi connectivity index (χ4v) is 4.06. The van der Waals surface area contributed by atoms with E-state index >= 15 is 0 Å². The number of ether oxygens (including phenoxy) is 1. The van der Waals surface area contributed by atoms with Crippen LogP contribution in [0.15, 0.2) is 18.2 Å². The van der Waals surface area contributed by atoms with Crippen LogP contribution in [0.2, 0.25) is 0 Å². The van der Waals surface area contributed by atoms with Crippen molar-refractivity contribution in [2.45, 2.75) is 105 Å². The van der Waals surface area contributed by atoms with Crippen LogP contribution in [-0.2, 0) is 21.7 Å². The summed E-state index contributed by atoms with van der Waals surface area (Å²) in [5, 5.41) is 14.9. The molecule has 0 aromatic heterocycles. The first kappa shape index (κ1) is 23.5. The van der Waals surface area contributed by atoms with Gasteiger partial charge >= 0.3 is 0 Å². The van der Waals surface area contributed by atoms with Crippen LogP contribution >= 0.6 is 0 Å². The zero-order valence-corrected chi connectivity index (χ0v) is 21.6. The predicted molar refractivity (Wildman–Crippen MR) is 133 cm³/mol. The van der Waals surface area contributed by atoms with E-state index < -0.39 is 0 Å². The van der Waals surface area contributed by atoms with Crippen molar-refractivity contribution in [1.82, 2.24) is 0 Å². The first-order valence-electron chi connectivity index (χ1n) is 11.4. The van der Waals surface area contributed by atoms with E-state index in [1.165, 1.54) is 11.1 Å². The highest BCUT2D eigenvalue weighted by Crippen LogP contribution is 2.56. The quantitative estimate of drug-likeness (QED) is 0.356. The Morgan fingerprint density at radius 3 is 1.55 bits per heavy atom. The first-order valence-corrected chi connectivity index (χ1v) is 11.4. The minimum absolute atomic E-state index is 0.00284. The smallest absolute Gasteiger partial charge is 0.158 e. The summed E-state index contributed by atoms with van der Waals surface area (Å²) in [6.07, 6.45) is 0. The lowest BCUT2D eigenvalue weighted by molar-refractivity contribution is 0.414. The van der Waals surface area contributed by atoms with Crippen molar-refractivity contribution < 1.29 is 9.84 Å². The van der Waals surface area contributed by atoms with Crippen molar-refractivity contribution in [2.75, 3.05) is 5.32 Å². The minimum atomic E-state index is -0.190. The number of benzene rings is 2. The molecule has 2 aromatic carbocycles. The monoisotopic (exact) mass is 423 g/mol. The molecule has 31 heavy (non-hydrogen) atoms. The highest BCUT2D eigenvalue weighted by atomic mass is 16.5. The Hall–Kier alpha value is -2.16. The second-order valence-electron chi connectivity index (χ2n) is 13.2. The molecular weight excluding hydrogens is 382 g/mol. The average Bonchev–Trinajstić information content (AvgIpc) is 2.55. The van der Waals surface area contributed by atoms with Gasteiger partial charge in [0.15, 0.2) is 11.5 Å². The average molecular weight is 424 g/mol. The molecule has 0 fully saturated rings. The molecule has 0 radical (unpaired) electrons. The van der Waals surface area contributed by atoms with Gasteiger partial charge in [-0.05, 0) is 39.4 Å². The lowest BCUT2D eigenvalue weighted by Gasteiger charge is -2.36. The normalized spacial score (nSPS) is 14.5. The van der Waals surface area contributed by atoms with E-state index in [1.807, 2.05) is 0 Å². The molecule has 0 amide bonds. The Labute approximate surface area is 189 Å². The number of hydrogen-bond acceptors (Lipinski definition) is 3. The number of nitrogens with one attached hydrogen (secondary N) is 1. The van der Waals surface area contributed by atoms with Crippen LogP contribution in [0.5, 0.6) is 17.2 Å². The van der Waals surface area contributed by atoms with Gasteiger partial charge in [-0.25, -0.2) is 0 Å². The zero-order chi connectivity index (χ0) is 23.7. The lowest BCUT2D eigenvalue weighted by atomic mass is 9.78. The largest absolute Gasteiger partial charge is 0.505 e. The number of phenolic OH excluding ortho intramolecular Hbond substituents is 1. The molecule has 1 heterocycles. The number of hydrogen-bond donors (Lipinski definition) is 2. The number of anilines is 2. The maximum Gasteiger partial charge on any atom is 0.158 e. The van der Waals surface area contributed by atoms with Crippen LogP contribution in [-0.4, -0.2) is 5.11 Å². The summed E-state index contributed by atoms with van der Waals surface area (Å²) in [5.74, 6) is 1.88. The Morgan fingerprint density at radius 2 is 1.10 bits per heavy atom. The van der Waals surface area contributed by atoms with Crippen LogP contribution in [0.4, 0.5) is 11.4 Å². The van der Waals surface area contributed by atoms with Crippen LogP contribution in [0.3, 0.4) is 0 Å². The number of rotatable bonds is 0. The molecular formula is C28H41NO2. The molecule has 0 spiro atoms. The molecule has 2 aromatic rings. The topological polar surface area (TPSA) is 41.5 Å². The van der Waals surface area contributed by atoms with E-state index in [1.54, 1.807) is 0 Å². The summed E-state index contributed by atoms with van der Waals surface area (Å²) in [6.45, 7) is 26.3. The Bertz CT molecular complexity index is 1020. The van der Waals surface area contributed by atoms with Gasteiger partial charge in [-0.15, -0.1) is 0 Å². The van der Waals surface area contributed by atoms with Crippen molar-refractivity contribution in [3.05, 3.63) is 40.5 Å². The van der Waals surface area contributed by atoms with Crippen molar-refractivity contribution >= 4 is 11.4 Å². The maximum atomic E-state index is 11.3. The standard InChI is InChI=1S/C28H41NO2/c1-25(2,3)16-13-18(27(7,8)9)23-20(14-16)29-21-22(30)17(26(4,5)6)15-19(24(21)31-23)28(10,11)12/h13-15,29-30H,1-12H3. The molecule has 0 saturated heterocycles. The predicted octanol–water partition coefficient (Wildman–Crippen LogP) is 8.43. The summed E-state index contributed by atoms with van der Waals surface area (Å²) in [5.41, 5.74) is 5.65. The second kappa shape index (κ2) is 6.92. The third-order valence-electron chi connectivity index (χ3n) is 6.10. The van der Waals surface area contributed by atoms with Gasteiger partial charge in [-0.2, -0.15) is 0 Å². The van der Waals surface area contributed by atoms with E-state index in [2.05, 4.69) is 107 Å². The molecule has 0 atom stereocenters. The maximum absolute atomic E-state index is 11.3. The van der Waals surface area contributed by atoms with Gasteiger partial charge in [0, 0.05) is 16.7 Å². The molecule has 0 unspecified atom stereocenters. The highest BCUT2D eigenvalue weighted by molar-refractivity contribution is 5.84. The SMILES string of the molecule is CC(C)(C)c1cc2c(c(C(C)(C)C)c1)Oc1c(C(C)(C)C)cc(C(C)(C)C)c(O)c1N2. The summed E-state index contributed by atoms with van der Waals surface area (Å²) in [4.78, 5) is 0. The zero-order valence-electron chi connectivity index (χ0n) is 21.6. The second-order valence-corrected chi connectivity index (χ2v) is 13.2. The van der Waals surface area contributed by atoms with Crippen molar-refractivity contribution in [2.24, 2.45) is 0 Å². The van der Waals surface area contributed by atoms with Gasteiger partial charge in [0.1, 0.15) is 11.4 Å². The third kappa shape index (κ3) is 4.29. The van der Waals surface area contributed by atoms with Gasteiger partial charge in [0.25, 0.3) is 0 Å². The summed E-state index contributed by atoms with van der Waals surface area (Å²) < 4.78 is 6.69. The van der Waals surface area contributed by atoms with Gasteiger partial charge in [0.2, 0.25) is 0 Å². The third-order valence-corrected chi connectivity index (χ3v) is 6.10. The summed E-state index contributed by atoms with van der Waals surface area (Å²) in [6, 6.07) is 6.58. The molecule has 170 valence electrons. The Balaban J connectivity index is 2.35. The van der Waals surface area contributed by atoms with Crippen LogP contribution in [0, 0.1) is 0 Å². The minimum Gasteiger partial charge on any atom is -0.505 e. The van der Waals surface area contributed by atoms with Crippen LogP contribution in [0.25, 0.3) is 0 Å². The van der Waals surface area contributed by atoms with Crippen molar-refractivity contribution in [1.29, 1.82) is 0 Å². The number of phenols is 1. The van der Waals surface area contributed by atoms with E-state index in [-0.39, 0.29) is 27.4 Å². The molecule has 0 aliphatic carbocycles. The molecule has 3 heteroatoms. The molecule has 3 rings (SSSR count). The van der Waals surface area contributed by atoms with E-state index in [0.29, 0.717) is 5.69 Å². The van der Waals surface area contributed by atoms with Crippen LogP contribution < -0.4 is 10.1 Å². The Morgan fingerprint density at radius 1 is 0.613 bits per heavy atom. The molecule has 3 nitrogen and oxygen atoms in total.